The van der Waals surface area contributed by atoms with Crippen molar-refractivity contribution in [3.63, 3.8) is 0 Å². The van der Waals surface area contributed by atoms with Gasteiger partial charge in [0, 0.05) is 26.2 Å². The van der Waals surface area contributed by atoms with E-state index >= 15 is 0 Å². The molecule has 0 aliphatic carbocycles. The molecule has 3 heterocycles. The normalized spacial score (nSPS) is 21.3. The molecule has 0 bridgehead atoms. The standard InChI is InChI=1S/C22H24N2O3/c25-22(14-16-5-6-20-21(13-16)27-12-11-26-20)24-10-9-23-8-7-17-3-1-2-4-18(17)19(23)15-24/h1-6,13,19H,7-12,14-15H2. The molecule has 5 rings (SSSR count). The van der Waals surface area contributed by atoms with E-state index in [0.29, 0.717) is 25.7 Å². The zero-order chi connectivity index (χ0) is 18.2. The lowest BCUT2D eigenvalue weighted by Crippen LogP contribution is -2.52. The first-order valence-corrected chi connectivity index (χ1v) is 9.76. The van der Waals surface area contributed by atoms with Crippen molar-refractivity contribution >= 4 is 5.91 Å². The van der Waals surface area contributed by atoms with Crippen LogP contribution in [0.3, 0.4) is 0 Å². The number of ether oxygens (including phenoxy) is 2. The van der Waals surface area contributed by atoms with Crippen molar-refractivity contribution < 1.29 is 14.3 Å². The van der Waals surface area contributed by atoms with Gasteiger partial charge in [0.15, 0.2) is 11.5 Å². The summed E-state index contributed by atoms with van der Waals surface area (Å²) in [6.07, 6.45) is 1.52. The highest BCUT2D eigenvalue weighted by atomic mass is 16.6. The van der Waals surface area contributed by atoms with Gasteiger partial charge in [0.2, 0.25) is 5.91 Å². The van der Waals surface area contributed by atoms with Crippen LogP contribution in [0.1, 0.15) is 22.7 Å². The third-order valence-corrected chi connectivity index (χ3v) is 5.89. The summed E-state index contributed by atoms with van der Waals surface area (Å²) in [7, 11) is 0. The van der Waals surface area contributed by atoms with Crippen LogP contribution in [0.2, 0.25) is 0 Å². The maximum atomic E-state index is 13.0. The van der Waals surface area contributed by atoms with E-state index in [4.69, 9.17) is 9.47 Å². The van der Waals surface area contributed by atoms with Gasteiger partial charge in [-0.25, -0.2) is 0 Å². The number of rotatable bonds is 2. The van der Waals surface area contributed by atoms with E-state index in [-0.39, 0.29) is 5.91 Å². The van der Waals surface area contributed by atoms with Crippen LogP contribution in [0.4, 0.5) is 0 Å². The second-order valence-corrected chi connectivity index (χ2v) is 7.50. The van der Waals surface area contributed by atoms with Gasteiger partial charge < -0.3 is 14.4 Å². The number of piperazine rings is 1. The lowest BCUT2D eigenvalue weighted by Gasteiger charge is -2.45. The van der Waals surface area contributed by atoms with Gasteiger partial charge in [0.05, 0.1) is 12.5 Å². The van der Waals surface area contributed by atoms with Gasteiger partial charge in [0.1, 0.15) is 13.2 Å². The molecular weight excluding hydrogens is 340 g/mol. The summed E-state index contributed by atoms with van der Waals surface area (Å²) in [6, 6.07) is 14.8. The third kappa shape index (κ3) is 3.16. The minimum atomic E-state index is 0.189. The maximum absolute atomic E-state index is 13.0. The molecule has 2 aromatic rings. The molecule has 0 radical (unpaired) electrons. The van der Waals surface area contributed by atoms with Crippen molar-refractivity contribution in [2.24, 2.45) is 0 Å². The van der Waals surface area contributed by atoms with Gasteiger partial charge in [-0.05, 0) is 35.2 Å². The number of nitrogens with zero attached hydrogens (tertiary/aromatic N) is 2. The third-order valence-electron chi connectivity index (χ3n) is 5.89. The highest BCUT2D eigenvalue weighted by Gasteiger charge is 2.34. The molecule has 0 saturated carbocycles. The highest BCUT2D eigenvalue weighted by Crippen LogP contribution is 2.33. The van der Waals surface area contributed by atoms with Crippen molar-refractivity contribution in [1.82, 2.24) is 9.80 Å². The van der Waals surface area contributed by atoms with E-state index in [9.17, 15) is 4.79 Å². The Hall–Kier alpha value is -2.53. The summed E-state index contributed by atoms with van der Waals surface area (Å²) < 4.78 is 11.2. The van der Waals surface area contributed by atoms with Crippen LogP contribution in [-0.4, -0.2) is 55.1 Å². The van der Waals surface area contributed by atoms with Crippen LogP contribution in [0.15, 0.2) is 42.5 Å². The van der Waals surface area contributed by atoms with Gasteiger partial charge >= 0.3 is 0 Å². The molecule has 3 aliphatic heterocycles. The zero-order valence-corrected chi connectivity index (χ0v) is 15.4. The summed E-state index contributed by atoms with van der Waals surface area (Å²) in [5.74, 6) is 1.71. The molecule has 1 saturated heterocycles. The van der Waals surface area contributed by atoms with Gasteiger partial charge in [0.25, 0.3) is 0 Å². The van der Waals surface area contributed by atoms with Crippen molar-refractivity contribution in [2.45, 2.75) is 18.9 Å². The predicted octanol–water partition coefficient (Wildman–Crippen LogP) is 2.44. The summed E-state index contributed by atoms with van der Waals surface area (Å²) in [6.45, 7) is 4.77. The van der Waals surface area contributed by atoms with Crippen LogP contribution in [0.5, 0.6) is 11.5 Å². The van der Waals surface area contributed by atoms with Crippen LogP contribution in [-0.2, 0) is 17.6 Å². The molecule has 1 unspecified atom stereocenters. The lowest BCUT2D eigenvalue weighted by molar-refractivity contribution is -0.133. The Morgan fingerprint density at radius 3 is 2.78 bits per heavy atom. The Morgan fingerprint density at radius 1 is 1.00 bits per heavy atom. The molecule has 5 heteroatoms. The second kappa shape index (κ2) is 6.89. The number of carbonyl (C=O) groups is 1. The Bertz CT molecular complexity index is 866. The largest absolute Gasteiger partial charge is 0.486 e. The van der Waals surface area contributed by atoms with Crippen LogP contribution >= 0.6 is 0 Å². The lowest BCUT2D eigenvalue weighted by atomic mass is 9.91. The maximum Gasteiger partial charge on any atom is 0.227 e. The average molecular weight is 364 g/mol. The first-order chi connectivity index (χ1) is 13.3. The quantitative estimate of drug-likeness (QED) is 0.821. The highest BCUT2D eigenvalue weighted by molar-refractivity contribution is 5.79. The summed E-state index contributed by atoms with van der Waals surface area (Å²) >= 11 is 0. The fourth-order valence-corrected chi connectivity index (χ4v) is 4.44. The summed E-state index contributed by atoms with van der Waals surface area (Å²) in [4.78, 5) is 17.5. The molecule has 2 aromatic carbocycles. The average Bonchev–Trinajstić information content (AvgIpc) is 2.73. The Morgan fingerprint density at radius 2 is 1.85 bits per heavy atom. The topological polar surface area (TPSA) is 42.0 Å². The number of amides is 1. The number of hydrogen-bond acceptors (Lipinski definition) is 4. The molecule has 5 nitrogen and oxygen atoms in total. The molecule has 140 valence electrons. The first-order valence-electron chi connectivity index (χ1n) is 9.76. The molecule has 1 atom stereocenters. The molecule has 1 fully saturated rings. The number of carbonyl (C=O) groups excluding carboxylic acids is 1. The van der Waals surface area contributed by atoms with Crippen molar-refractivity contribution in [3.8, 4) is 11.5 Å². The molecule has 0 N–H and O–H groups in total. The first kappa shape index (κ1) is 16.6. The Labute approximate surface area is 159 Å². The number of hydrogen-bond donors (Lipinski definition) is 0. The van der Waals surface area contributed by atoms with Gasteiger partial charge in [-0.1, -0.05) is 30.3 Å². The zero-order valence-electron chi connectivity index (χ0n) is 15.4. The van der Waals surface area contributed by atoms with Gasteiger partial charge in [-0.15, -0.1) is 0 Å². The van der Waals surface area contributed by atoms with E-state index in [1.54, 1.807) is 0 Å². The van der Waals surface area contributed by atoms with E-state index in [1.807, 2.05) is 23.1 Å². The smallest absolute Gasteiger partial charge is 0.227 e. The van der Waals surface area contributed by atoms with E-state index in [1.165, 1.54) is 11.1 Å². The molecule has 0 aromatic heterocycles. The van der Waals surface area contributed by atoms with E-state index in [2.05, 4.69) is 29.2 Å². The fraction of sp³-hybridized carbons (Fsp3) is 0.409. The minimum absolute atomic E-state index is 0.189. The second-order valence-electron chi connectivity index (χ2n) is 7.50. The Kier molecular flexibility index (Phi) is 4.24. The van der Waals surface area contributed by atoms with Crippen LogP contribution < -0.4 is 9.47 Å². The van der Waals surface area contributed by atoms with E-state index < -0.39 is 0 Å². The van der Waals surface area contributed by atoms with Crippen molar-refractivity contribution in [2.75, 3.05) is 39.4 Å². The van der Waals surface area contributed by atoms with Gasteiger partial charge in [-0.2, -0.15) is 0 Å². The number of benzene rings is 2. The molecule has 3 aliphatic rings. The summed E-state index contributed by atoms with van der Waals surface area (Å²) in [5, 5.41) is 0. The fourth-order valence-electron chi connectivity index (χ4n) is 4.44. The minimum Gasteiger partial charge on any atom is -0.486 e. The molecule has 1 amide bonds. The Balaban J connectivity index is 1.30. The number of fused-ring (bicyclic) bond motifs is 4. The molecule has 27 heavy (non-hydrogen) atoms. The summed E-state index contributed by atoms with van der Waals surface area (Å²) in [5.41, 5.74) is 3.80. The van der Waals surface area contributed by atoms with E-state index in [0.717, 1.165) is 49.7 Å². The molecule has 0 spiro atoms. The molecular formula is C22H24N2O3. The van der Waals surface area contributed by atoms with Crippen LogP contribution in [0, 0.1) is 0 Å². The predicted molar refractivity (Wildman–Crippen MR) is 102 cm³/mol. The monoisotopic (exact) mass is 364 g/mol. The van der Waals surface area contributed by atoms with Gasteiger partial charge in [-0.3, -0.25) is 9.69 Å². The van der Waals surface area contributed by atoms with Crippen LogP contribution in [0.25, 0.3) is 0 Å². The van der Waals surface area contributed by atoms with Crippen molar-refractivity contribution in [3.05, 3.63) is 59.2 Å². The van der Waals surface area contributed by atoms with Crippen molar-refractivity contribution in [1.29, 1.82) is 0 Å². The SMILES string of the molecule is O=C(Cc1ccc2c(c1)OCCO2)N1CCN2CCc3ccccc3C2C1.